The van der Waals surface area contributed by atoms with Gasteiger partial charge in [0, 0.05) is 43.2 Å². The van der Waals surface area contributed by atoms with Crippen LogP contribution in [-0.4, -0.2) is 19.5 Å². The molecule has 3 heterocycles. The van der Waals surface area contributed by atoms with Gasteiger partial charge in [-0.1, -0.05) is 77.9 Å². The second-order valence-corrected chi connectivity index (χ2v) is 9.55. The molecule has 1 aromatic carbocycles. The maximum absolute atomic E-state index is 4.01. The summed E-state index contributed by atoms with van der Waals surface area (Å²) < 4.78 is 2.06. The smallest absolute Gasteiger partial charge is 0.0948 e. The van der Waals surface area contributed by atoms with Gasteiger partial charge >= 0.3 is 0 Å². The van der Waals surface area contributed by atoms with Crippen LogP contribution < -0.4 is 0 Å². The summed E-state index contributed by atoms with van der Waals surface area (Å²) in [7, 11) is 0. The lowest BCUT2D eigenvalue weighted by Gasteiger charge is -2.02. The Morgan fingerprint density at radius 3 is 1.37 bits per heavy atom. The minimum Gasteiger partial charge on any atom is -0.335 e. The fourth-order valence-electron chi connectivity index (χ4n) is 2.88. The van der Waals surface area contributed by atoms with Gasteiger partial charge < -0.3 is 4.57 Å². The molecule has 0 aliphatic carbocycles. The average Bonchev–Trinajstić information content (AvgIpc) is 3.43. The van der Waals surface area contributed by atoms with Gasteiger partial charge in [0.05, 0.1) is 6.33 Å². The van der Waals surface area contributed by atoms with E-state index in [0.29, 0.717) is 23.8 Å². The minimum atomic E-state index is 0.539. The summed E-state index contributed by atoms with van der Waals surface area (Å²) in [6.07, 6.45) is 12.9. The van der Waals surface area contributed by atoms with Crippen molar-refractivity contribution in [1.82, 2.24) is 19.5 Å². The summed E-state index contributed by atoms with van der Waals surface area (Å²) in [4.78, 5) is 11.8. The third-order valence-corrected chi connectivity index (χ3v) is 5.31. The summed E-state index contributed by atoms with van der Waals surface area (Å²) in [6, 6.07) is 19.2. The van der Waals surface area contributed by atoms with Gasteiger partial charge in [-0.2, -0.15) is 0 Å². The molecule has 4 nitrogen and oxygen atoms in total. The van der Waals surface area contributed by atoms with Gasteiger partial charge in [-0.05, 0) is 66.5 Å². The first-order valence-electron chi connectivity index (χ1n) is 12.5. The number of rotatable bonds is 4. The Labute approximate surface area is 213 Å². The van der Waals surface area contributed by atoms with Gasteiger partial charge in [-0.15, -0.1) is 0 Å². The molecule has 0 radical (unpaired) electrons. The van der Waals surface area contributed by atoms with E-state index in [1.807, 2.05) is 55.4 Å². The van der Waals surface area contributed by atoms with Crippen molar-refractivity contribution in [2.75, 3.05) is 0 Å². The highest BCUT2D eigenvalue weighted by molar-refractivity contribution is 5.17. The summed E-state index contributed by atoms with van der Waals surface area (Å²) in [5, 5.41) is 0. The van der Waals surface area contributed by atoms with Crippen LogP contribution in [0.15, 0.2) is 98.1 Å². The number of hydrogen-bond donors (Lipinski definition) is 0. The van der Waals surface area contributed by atoms with E-state index in [2.05, 4.69) is 105 Å². The highest BCUT2D eigenvalue weighted by atomic mass is 15.0. The lowest BCUT2D eigenvalue weighted by molar-refractivity contribution is 0.600. The molecule has 0 unspecified atom stereocenters. The molecule has 3 aromatic heterocycles. The number of hydrogen-bond acceptors (Lipinski definition) is 3. The first-order chi connectivity index (χ1) is 16.7. The molecule has 0 fully saturated rings. The van der Waals surface area contributed by atoms with Crippen molar-refractivity contribution in [2.24, 2.45) is 0 Å². The number of pyridine rings is 2. The van der Waals surface area contributed by atoms with E-state index in [1.54, 1.807) is 12.4 Å². The molecule has 0 aliphatic heterocycles. The highest BCUT2D eigenvalue weighted by Crippen LogP contribution is 2.12. The zero-order valence-electron chi connectivity index (χ0n) is 22.8. The van der Waals surface area contributed by atoms with Gasteiger partial charge in [0.25, 0.3) is 0 Å². The molecule has 0 amide bonds. The topological polar surface area (TPSA) is 43.6 Å². The second-order valence-electron chi connectivity index (χ2n) is 9.55. The van der Waals surface area contributed by atoms with Crippen molar-refractivity contribution in [3.63, 3.8) is 0 Å². The van der Waals surface area contributed by atoms with E-state index in [1.165, 1.54) is 16.7 Å². The molecular formula is C31H44N4. The molecule has 0 saturated carbocycles. The van der Waals surface area contributed by atoms with Crippen LogP contribution in [0.2, 0.25) is 0 Å². The van der Waals surface area contributed by atoms with Gasteiger partial charge in [0.1, 0.15) is 0 Å². The van der Waals surface area contributed by atoms with Gasteiger partial charge in [0.15, 0.2) is 0 Å². The third-order valence-electron chi connectivity index (χ3n) is 5.31. The SMILES string of the molecule is CC(C)c1ccccc1.CC(C)c1cccnc1.CC(C)c1ccncc1.CC(C)n1ccnc1. The summed E-state index contributed by atoms with van der Waals surface area (Å²) in [5.74, 6) is 1.87. The monoisotopic (exact) mass is 472 g/mol. The lowest BCUT2D eigenvalue weighted by Crippen LogP contribution is -1.95. The van der Waals surface area contributed by atoms with Crippen molar-refractivity contribution in [3.05, 3.63) is 115 Å². The van der Waals surface area contributed by atoms with Crippen molar-refractivity contribution in [2.45, 2.75) is 79.2 Å². The Bertz CT molecular complexity index is 875. The number of nitrogens with zero attached hydrogens (tertiary/aromatic N) is 4. The zero-order chi connectivity index (χ0) is 26.1. The van der Waals surface area contributed by atoms with Crippen molar-refractivity contribution >= 4 is 0 Å². The van der Waals surface area contributed by atoms with Crippen LogP contribution in [0, 0.1) is 0 Å². The largest absolute Gasteiger partial charge is 0.335 e. The molecule has 0 saturated heterocycles. The highest BCUT2D eigenvalue weighted by Gasteiger charge is 1.95. The average molecular weight is 473 g/mol. The van der Waals surface area contributed by atoms with Crippen LogP contribution in [0.5, 0.6) is 0 Å². The van der Waals surface area contributed by atoms with E-state index in [4.69, 9.17) is 0 Å². The molecule has 0 aliphatic rings. The van der Waals surface area contributed by atoms with Crippen LogP contribution in [-0.2, 0) is 0 Å². The molecule has 35 heavy (non-hydrogen) atoms. The summed E-state index contributed by atoms with van der Waals surface area (Å²) >= 11 is 0. The number of benzene rings is 1. The fourth-order valence-corrected chi connectivity index (χ4v) is 2.88. The van der Waals surface area contributed by atoms with Crippen LogP contribution in [0.1, 0.15) is 95.9 Å². The van der Waals surface area contributed by atoms with Gasteiger partial charge in [-0.3, -0.25) is 9.97 Å². The van der Waals surface area contributed by atoms with Crippen LogP contribution in [0.3, 0.4) is 0 Å². The Kier molecular flexibility index (Phi) is 14.6. The zero-order valence-corrected chi connectivity index (χ0v) is 22.8. The van der Waals surface area contributed by atoms with Crippen molar-refractivity contribution < 1.29 is 0 Å². The van der Waals surface area contributed by atoms with Crippen LogP contribution in [0.25, 0.3) is 0 Å². The van der Waals surface area contributed by atoms with E-state index >= 15 is 0 Å². The quantitative estimate of drug-likeness (QED) is 0.298. The Morgan fingerprint density at radius 1 is 0.514 bits per heavy atom. The lowest BCUT2D eigenvalue weighted by atomic mass is 10.0. The fraction of sp³-hybridized carbons (Fsp3) is 0.387. The molecule has 188 valence electrons. The molecule has 0 atom stereocenters. The molecule has 4 aromatic rings. The van der Waals surface area contributed by atoms with E-state index < -0.39 is 0 Å². The standard InChI is InChI=1S/C9H12.2C8H11N.C6H10N2/c1-8(2)9-6-4-3-5-7-9;1-7(2)8-3-5-9-6-4-8;1-7(2)8-4-3-5-9-6-8;1-6(2)8-4-3-7-5-8/h3-8H,1-2H3;2*3-7H,1-2H3;3-6H,1-2H3. The molecule has 4 rings (SSSR count). The first kappa shape index (κ1) is 29.8. The maximum atomic E-state index is 4.01. The Balaban J connectivity index is 0.000000234. The minimum absolute atomic E-state index is 0.539. The van der Waals surface area contributed by atoms with Crippen LogP contribution in [0.4, 0.5) is 0 Å². The first-order valence-corrected chi connectivity index (χ1v) is 12.5. The van der Waals surface area contributed by atoms with Gasteiger partial charge in [-0.25, -0.2) is 4.98 Å². The Hall–Kier alpha value is -3.27. The number of aromatic nitrogens is 4. The third kappa shape index (κ3) is 13.3. The van der Waals surface area contributed by atoms with Crippen molar-refractivity contribution in [3.8, 4) is 0 Å². The molecular weight excluding hydrogens is 428 g/mol. The summed E-state index contributed by atoms with van der Waals surface area (Å²) in [5.41, 5.74) is 4.07. The van der Waals surface area contributed by atoms with Crippen LogP contribution >= 0.6 is 0 Å². The summed E-state index contributed by atoms with van der Waals surface area (Å²) in [6.45, 7) is 17.3. The normalized spacial score (nSPS) is 10.2. The van der Waals surface area contributed by atoms with Gasteiger partial charge in [0.2, 0.25) is 0 Å². The molecule has 0 spiro atoms. The molecule has 0 bridgehead atoms. The predicted molar refractivity (Wildman–Crippen MR) is 150 cm³/mol. The van der Waals surface area contributed by atoms with Crippen molar-refractivity contribution in [1.29, 1.82) is 0 Å². The van der Waals surface area contributed by atoms with E-state index in [-0.39, 0.29) is 0 Å². The van der Waals surface area contributed by atoms with E-state index in [0.717, 1.165) is 0 Å². The Morgan fingerprint density at radius 2 is 1.06 bits per heavy atom. The molecule has 0 N–H and O–H groups in total. The second kappa shape index (κ2) is 17.2. The number of imidazole rings is 1. The molecule has 4 heteroatoms. The predicted octanol–water partition coefficient (Wildman–Crippen LogP) is 8.68. The van der Waals surface area contributed by atoms with E-state index in [9.17, 15) is 0 Å². The maximum Gasteiger partial charge on any atom is 0.0948 e.